The van der Waals surface area contributed by atoms with Gasteiger partial charge in [0, 0.05) is 22.4 Å². The molecule has 1 aliphatic heterocycles. The van der Waals surface area contributed by atoms with Crippen molar-refractivity contribution in [2.75, 3.05) is 11.1 Å². The molecule has 9 heteroatoms. The SMILES string of the molecule is OC1CSC(Cn2cnc3c(NCc4cccc(I)c4)ncnc32)C1O. The van der Waals surface area contributed by atoms with Gasteiger partial charge in [0.2, 0.25) is 0 Å². The van der Waals surface area contributed by atoms with E-state index in [-0.39, 0.29) is 5.25 Å². The first-order valence-corrected chi connectivity index (χ1v) is 10.4. The van der Waals surface area contributed by atoms with Crippen molar-refractivity contribution in [3.8, 4) is 0 Å². The third-order valence-electron chi connectivity index (χ3n) is 4.38. The predicted octanol–water partition coefficient (Wildman–Crippen LogP) is 1.88. The highest BCUT2D eigenvalue weighted by Gasteiger charge is 2.34. The van der Waals surface area contributed by atoms with Crippen molar-refractivity contribution in [2.45, 2.75) is 30.5 Å². The number of nitrogens with one attached hydrogen (secondary N) is 1. The van der Waals surface area contributed by atoms with Gasteiger partial charge in [0.1, 0.15) is 11.8 Å². The average Bonchev–Trinajstić information content (AvgIpc) is 3.19. The van der Waals surface area contributed by atoms with Crippen LogP contribution in [0.2, 0.25) is 0 Å². The molecule has 1 saturated heterocycles. The number of aliphatic hydroxyl groups is 2. The lowest BCUT2D eigenvalue weighted by Crippen LogP contribution is -2.31. The molecule has 3 atom stereocenters. The van der Waals surface area contributed by atoms with Crippen LogP contribution in [0.5, 0.6) is 0 Å². The first-order valence-electron chi connectivity index (χ1n) is 8.23. The minimum Gasteiger partial charge on any atom is -0.390 e. The lowest BCUT2D eigenvalue weighted by atomic mass is 10.1. The van der Waals surface area contributed by atoms with E-state index in [2.05, 4.69) is 61.1 Å². The van der Waals surface area contributed by atoms with Crippen LogP contribution in [0.1, 0.15) is 5.56 Å². The first kappa shape index (κ1) is 18.0. The van der Waals surface area contributed by atoms with Crippen LogP contribution in [-0.2, 0) is 13.1 Å². The Kier molecular flexibility index (Phi) is 5.30. The van der Waals surface area contributed by atoms with E-state index in [0.717, 1.165) is 5.65 Å². The van der Waals surface area contributed by atoms with E-state index in [4.69, 9.17) is 0 Å². The molecule has 3 N–H and O–H groups in total. The first-order chi connectivity index (χ1) is 12.6. The van der Waals surface area contributed by atoms with Gasteiger partial charge in [-0.1, -0.05) is 12.1 Å². The van der Waals surface area contributed by atoms with Gasteiger partial charge in [-0.25, -0.2) is 15.0 Å². The van der Waals surface area contributed by atoms with Crippen molar-refractivity contribution in [2.24, 2.45) is 0 Å². The molecule has 1 aliphatic rings. The highest BCUT2D eigenvalue weighted by molar-refractivity contribution is 14.1. The molecular weight excluding hydrogens is 465 g/mol. The number of anilines is 1. The van der Waals surface area contributed by atoms with Gasteiger partial charge in [0.05, 0.1) is 23.8 Å². The Morgan fingerprint density at radius 2 is 2.15 bits per heavy atom. The Balaban J connectivity index is 1.53. The summed E-state index contributed by atoms with van der Waals surface area (Å²) in [5.41, 5.74) is 2.60. The molecule has 0 aliphatic carbocycles. The standard InChI is InChI=1S/C17H18IN5O2S/c18-11-3-1-2-10(4-11)5-19-16-14-17(21-8-20-16)23(9-22-14)6-13-15(25)12(24)7-26-13/h1-4,8-9,12-13,15,24-25H,5-7H2,(H,19,20,21). The zero-order valence-electron chi connectivity index (χ0n) is 13.8. The second kappa shape index (κ2) is 7.67. The Hall–Kier alpha value is -1.43. The number of nitrogens with zero attached hydrogens (tertiary/aromatic N) is 4. The number of aliphatic hydroxyl groups excluding tert-OH is 2. The molecule has 0 radical (unpaired) electrons. The molecule has 0 saturated carbocycles. The predicted molar refractivity (Wildman–Crippen MR) is 110 cm³/mol. The van der Waals surface area contributed by atoms with Crippen LogP contribution in [-0.4, -0.2) is 52.9 Å². The Morgan fingerprint density at radius 3 is 2.92 bits per heavy atom. The number of rotatable bonds is 5. The summed E-state index contributed by atoms with van der Waals surface area (Å²) in [5, 5.41) is 23.0. The third kappa shape index (κ3) is 3.66. The number of halogens is 1. The van der Waals surface area contributed by atoms with Crippen molar-refractivity contribution < 1.29 is 10.2 Å². The summed E-state index contributed by atoms with van der Waals surface area (Å²) in [5.74, 6) is 1.24. The van der Waals surface area contributed by atoms with Crippen LogP contribution in [0.25, 0.3) is 11.2 Å². The fraction of sp³-hybridized carbons (Fsp3) is 0.353. The summed E-state index contributed by atoms with van der Waals surface area (Å²) < 4.78 is 3.10. The number of imidazole rings is 1. The molecule has 4 rings (SSSR count). The topological polar surface area (TPSA) is 96.1 Å². The third-order valence-corrected chi connectivity index (χ3v) is 6.44. The van der Waals surface area contributed by atoms with Gasteiger partial charge < -0.3 is 20.1 Å². The van der Waals surface area contributed by atoms with Crippen LogP contribution >= 0.6 is 34.4 Å². The van der Waals surface area contributed by atoms with Crippen LogP contribution in [0.3, 0.4) is 0 Å². The maximum absolute atomic E-state index is 10.1. The highest BCUT2D eigenvalue weighted by atomic mass is 127. The summed E-state index contributed by atoms with van der Waals surface area (Å²) in [6, 6.07) is 8.27. The summed E-state index contributed by atoms with van der Waals surface area (Å²) in [6.07, 6.45) is 1.84. The highest BCUT2D eigenvalue weighted by Crippen LogP contribution is 2.29. The van der Waals surface area contributed by atoms with Crippen LogP contribution < -0.4 is 5.32 Å². The largest absolute Gasteiger partial charge is 0.390 e. The average molecular weight is 483 g/mol. The molecule has 0 bridgehead atoms. The molecule has 1 aromatic carbocycles. The van der Waals surface area contributed by atoms with Crippen molar-refractivity contribution in [3.05, 3.63) is 46.1 Å². The summed E-state index contributed by atoms with van der Waals surface area (Å²) in [7, 11) is 0. The van der Waals surface area contributed by atoms with Gasteiger partial charge in [0.15, 0.2) is 11.5 Å². The zero-order valence-corrected chi connectivity index (χ0v) is 16.8. The molecule has 26 heavy (non-hydrogen) atoms. The molecule has 0 amide bonds. The van der Waals surface area contributed by atoms with Gasteiger partial charge >= 0.3 is 0 Å². The van der Waals surface area contributed by atoms with E-state index in [9.17, 15) is 10.2 Å². The van der Waals surface area contributed by atoms with Gasteiger partial charge in [-0.3, -0.25) is 0 Å². The number of hydrogen-bond acceptors (Lipinski definition) is 7. The van der Waals surface area contributed by atoms with E-state index in [1.807, 2.05) is 10.6 Å². The van der Waals surface area contributed by atoms with Crippen LogP contribution in [0.15, 0.2) is 36.9 Å². The minimum atomic E-state index is -0.725. The fourth-order valence-corrected chi connectivity index (χ4v) is 4.89. The van der Waals surface area contributed by atoms with E-state index in [0.29, 0.717) is 30.2 Å². The number of hydrogen-bond donors (Lipinski definition) is 3. The summed E-state index contributed by atoms with van der Waals surface area (Å²) >= 11 is 3.86. The lowest BCUT2D eigenvalue weighted by molar-refractivity contribution is 0.0396. The maximum Gasteiger partial charge on any atom is 0.165 e. The number of aromatic nitrogens is 4. The van der Waals surface area contributed by atoms with Crippen LogP contribution in [0, 0.1) is 3.57 Å². The van der Waals surface area contributed by atoms with E-state index in [1.54, 1.807) is 18.1 Å². The van der Waals surface area contributed by atoms with Gasteiger partial charge in [-0.15, -0.1) is 0 Å². The summed E-state index contributed by atoms with van der Waals surface area (Å²) in [6.45, 7) is 1.20. The van der Waals surface area contributed by atoms with Crippen molar-refractivity contribution in [1.82, 2.24) is 19.5 Å². The number of thioether (sulfide) groups is 1. The quantitative estimate of drug-likeness (QED) is 0.477. The second-order valence-corrected chi connectivity index (χ2v) is 8.72. The molecule has 3 unspecified atom stereocenters. The monoisotopic (exact) mass is 483 g/mol. The van der Waals surface area contributed by atoms with Crippen molar-refractivity contribution in [1.29, 1.82) is 0 Å². The van der Waals surface area contributed by atoms with Crippen molar-refractivity contribution >= 4 is 51.3 Å². The molecule has 7 nitrogen and oxygen atoms in total. The minimum absolute atomic E-state index is 0.0693. The van der Waals surface area contributed by atoms with E-state index >= 15 is 0 Å². The molecule has 136 valence electrons. The van der Waals surface area contributed by atoms with E-state index in [1.165, 1.54) is 15.5 Å². The summed E-state index contributed by atoms with van der Waals surface area (Å²) in [4.78, 5) is 13.1. The van der Waals surface area contributed by atoms with Gasteiger partial charge in [-0.2, -0.15) is 11.8 Å². The molecule has 1 fully saturated rings. The number of benzene rings is 1. The Bertz CT molecular complexity index is 921. The smallest absolute Gasteiger partial charge is 0.165 e. The zero-order chi connectivity index (χ0) is 18.1. The maximum atomic E-state index is 10.1. The fourth-order valence-electron chi connectivity index (χ4n) is 3.00. The van der Waals surface area contributed by atoms with Crippen molar-refractivity contribution in [3.63, 3.8) is 0 Å². The molecular formula is C17H18IN5O2S. The molecule has 3 aromatic rings. The van der Waals surface area contributed by atoms with Gasteiger partial charge in [-0.05, 0) is 40.3 Å². The number of fused-ring (bicyclic) bond motifs is 1. The van der Waals surface area contributed by atoms with Gasteiger partial charge in [0.25, 0.3) is 0 Å². The van der Waals surface area contributed by atoms with Crippen LogP contribution in [0.4, 0.5) is 5.82 Å². The Labute approximate surface area is 168 Å². The van der Waals surface area contributed by atoms with E-state index < -0.39 is 12.2 Å². The molecule has 0 spiro atoms. The molecule has 2 aromatic heterocycles. The second-order valence-electron chi connectivity index (χ2n) is 6.20. The normalized spacial score (nSPS) is 22.8. The molecule has 3 heterocycles. The Morgan fingerprint density at radius 1 is 1.27 bits per heavy atom. The lowest BCUT2D eigenvalue weighted by Gasteiger charge is -2.16.